The Morgan fingerprint density at radius 3 is 3.04 bits per heavy atom. The van der Waals surface area contributed by atoms with Gasteiger partial charge in [-0.1, -0.05) is 11.6 Å². The van der Waals surface area contributed by atoms with Crippen LogP contribution in [0.3, 0.4) is 0 Å². The molecule has 6 nitrogen and oxygen atoms in total. The molecule has 1 fully saturated rings. The molecule has 120 valence electrons. The topological polar surface area (TPSA) is 56.1 Å². The second-order valence-electron chi connectivity index (χ2n) is 5.64. The molecule has 1 aliphatic rings. The summed E-state index contributed by atoms with van der Waals surface area (Å²) in [5.41, 5.74) is 2.84. The summed E-state index contributed by atoms with van der Waals surface area (Å²) in [7, 11) is 1.93. The number of aryl methyl sites for hydroxylation is 1. The van der Waals surface area contributed by atoms with E-state index >= 15 is 0 Å². The van der Waals surface area contributed by atoms with Crippen LogP contribution in [0.25, 0.3) is 21.5 Å². The molecule has 0 radical (unpaired) electrons. The number of halogens is 1. The summed E-state index contributed by atoms with van der Waals surface area (Å²) in [6, 6.07) is 4.38. The lowest BCUT2D eigenvalue weighted by Crippen LogP contribution is -2.44. The average Bonchev–Trinajstić information content (AvgIpc) is 3.14. The summed E-state index contributed by atoms with van der Waals surface area (Å²) in [5, 5.41) is 4.73. The molecule has 8 heteroatoms. The number of nitrogens with zero attached hydrogens (tertiary/aromatic N) is 5. The van der Waals surface area contributed by atoms with E-state index in [1.54, 1.807) is 6.20 Å². The number of fused-ring (bicyclic) bond motifs is 1. The molecular formula is C15H16ClN5OS. The molecule has 0 amide bonds. The molecule has 0 saturated carbocycles. The minimum absolute atomic E-state index is 0.276. The van der Waals surface area contributed by atoms with Crippen LogP contribution in [0.2, 0.25) is 5.15 Å². The number of ether oxygens (including phenoxy) is 1. The minimum Gasteiger partial charge on any atom is -0.377 e. The van der Waals surface area contributed by atoms with Crippen LogP contribution in [0.1, 0.15) is 6.92 Å². The zero-order valence-electron chi connectivity index (χ0n) is 12.9. The smallest absolute Gasteiger partial charge is 0.169 e. The third-order valence-corrected chi connectivity index (χ3v) is 5.36. The van der Waals surface area contributed by atoms with Gasteiger partial charge >= 0.3 is 0 Å². The molecule has 1 aliphatic heterocycles. The van der Waals surface area contributed by atoms with E-state index in [0.717, 1.165) is 33.8 Å². The quantitative estimate of drug-likeness (QED) is 0.712. The van der Waals surface area contributed by atoms with Gasteiger partial charge < -0.3 is 9.64 Å². The predicted octanol–water partition coefficient (Wildman–Crippen LogP) is 2.97. The van der Waals surface area contributed by atoms with E-state index < -0.39 is 0 Å². The van der Waals surface area contributed by atoms with Crippen LogP contribution in [0.5, 0.6) is 0 Å². The number of pyridine rings is 1. The molecule has 4 heterocycles. The van der Waals surface area contributed by atoms with E-state index in [1.807, 2.05) is 17.8 Å². The first kappa shape index (κ1) is 14.9. The highest BCUT2D eigenvalue weighted by Crippen LogP contribution is 2.37. The van der Waals surface area contributed by atoms with E-state index in [-0.39, 0.29) is 6.04 Å². The van der Waals surface area contributed by atoms with Crippen LogP contribution < -0.4 is 4.90 Å². The number of hydrogen-bond donors (Lipinski definition) is 0. The van der Waals surface area contributed by atoms with Crippen LogP contribution in [0.15, 0.2) is 18.3 Å². The third kappa shape index (κ3) is 2.49. The molecule has 0 aliphatic carbocycles. The monoisotopic (exact) mass is 349 g/mol. The van der Waals surface area contributed by atoms with Gasteiger partial charge in [-0.25, -0.2) is 4.98 Å². The number of morpholine rings is 1. The van der Waals surface area contributed by atoms with Crippen molar-refractivity contribution >= 4 is 39.2 Å². The Morgan fingerprint density at radius 1 is 1.43 bits per heavy atom. The fourth-order valence-corrected chi connectivity index (χ4v) is 3.97. The molecule has 0 bridgehead atoms. The van der Waals surface area contributed by atoms with Crippen LogP contribution >= 0.6 is 23.1 Å². The number of anilines is 1. The zero-order valence-corrected chi connectivity index (χ0v) is 14.4. The highest BCUT2D eigenvalue weighted by molar-refractivity contribution is 7.14. The molecule has 1 unspecified atom stereocenters. The Labute approximate surface area is 142 Å². The Hall–Kier alpha value is -1.70. The maximum atomic E-state index is 6.26. The van der Waals surface area contributed by atoms with E-state index in [9.17, 15) is 0 Å². The first-order valence-corrected chi connectivity index (χ1v) is 8.59. The Kier molecular flexibility index (Phi) is 3.71. The fourth-order valence-electron chi connectivity index (χ4n) is 2.92. The molecule has 23 heavy (non-hydrogen) atoms. The lowest BCUT2D eigenvalue weighted by Gasteiger charge is -2.34. The van der Waals surface area contributed by atoms with Gasteiger partial charge in [-0.2, -0.15) is 9.47 Å². The number of aromatic nitrogens is 4. The molecule has 4 rings (SSSR count). The van der Waals surface area contributed by atoms with Crippen molar-refractivity contribution in [1.82, 2.24) is 19.1 Å². The third-order valence-electron chi connectivity index (χ3n) is 4.13. The van der Waals surface area contributed by atoms with E-state index in [4.69, 9.17) is 21.3 Å². The van der Waals surface area contributed by atoms with Crippen LogP contribution in [0.4, 0.5) is 5.82 Å². The average molecular weight is 350 g/mol. The van der Waals surface area contributed by atoms with Crippen LogP contribution in [0, 0.1) is 0 Å². The van der Waals surface area contributed by atoms with Gasteiger partial charge in [-0.05, 0) is 30.6 Å². The maximum absolute atomic E-state index is 6.26. The van der Waals surface area contributed by atoms with Gasteiger partial charge in [0.25, 0.3) is 0 Å². The number of hydrogen-bond acceptors (Lipinski definition) is 6. The Balaban J connectivity index is 1.93. The van der Waals surface area contributed by atoms with Gasteiger partial charge in [0.1, 0.15) is 11.3 Å². The zero-order chi connectivity index (χ0) is 16.0. The van der Waals surface area contributed by atoms with E-state index in [2.05, 4.69) is 27.4 Å². The summed E-state index contributed by atoms with van der Waals surface area (Å²) in [4.78, 5) is 7.03. The Morgan fingerprint density at radius 2 is 2.30 bits per heavy atom. The van der Waals surface area contributed by atoms with Crippen molar-refractivity contribution in [3.8, 4) is 11.3 Å². The van der Waals surface area contributed by atoms with Crippen molar-refractivity contribution in [2.24, 2.45) is 7.05 Å². The van der Waals surface area contributed by atoms with E-state index in [1.165, 1.54) is 11.5 Å². The summed E-state index contributed by atoms with van der Waals surface area (Å²) >= 11 is 7.64. The normalized spacial score (nSPS) is 18.7. The first-order valence-electron chi connectivity index (χ1n) is 7.44. The molecule has 0 spiro atoms. The van der Waals surface area contributed by atoms with Gasteiger partial charge in [0.2, 0.25) is 0 Å². The lowest BCUT2D eigenvalue weighted by molar-refractivity contribution is 0.0986. The van der Waals surface area contributed by atoms with Gasteiger partial charge in [-0.3, -0.25) is 4.68 Å². The van der Waals surface area contributed by atoms with Crippen molar-refractivity contribution in [3.05, 3.63) is 23.5 Å². The maximum Gasteiger partial charge on any atom is 0.169 e. The molecule has 1 saturated heterocycles. The molecule has 3 aromatic heterocycles. The SMILES string of the molecule is CC1COCCN1c1cc(-c2ccnn2C)c2snc(Cl)c2n1. The van der Waals surface area contributed by atoms with Crippen molar-refractivity contribution in [1.29, 1.82) is 0 Å². The molecule has 0 aromatic carbocycles. The fraction of sp³-hybridized carbons (Fsp3) is 0.400. The second kappa shape index (κ2) is 5.74. The van der Waals surface area contributed by atoms with E-state index in [0.29, 0.717) is 18.4 Å². The van der Waals surface area contributed by atoms with Gasteiger partial charge in [0, 0.05) is 25.4 Å². The van der Waals surface area contributed by atoms with Crippen molar-refractivity contribution in [2.45, 2.75) is 13.0 Å². The molecular weight excluding hydrogens is 334 g/mol. The largest absolute Gasteiger partial charge is 0.377 e. The minimum atomic E-state index is 0.276. The number of rotatable bonds is 2. The first-order chi connectivity index (χ1) is 11.1. The van der Waals surface area contributed by atoms with Crippen molar-refractivity contribution < 1.29 is 4.74 Å². The lowest BCUT2D eigenvalue weighted by atomic mass is 10.1. The van der Waals surface area contributed by atoms with Gasteiger partial charge in [0.05, 0.1) is 29.6 Å². The van der Waals surface area contributed by atoms with Crippen LogP contribution in [-0.4, -0.2) is 44.9 Å². The molecule has 3 aromatic rings. The van der Waals surface area contributed by atoms with Crippen molar-refractivity contribution in [3.63, 3.8) is 0 Å². The van der Waals surface area contributed by atoms with Gasteiger partial charge in [0.15, 0.2) is 5.15 Å². The summed E-state index contributed by atoms with van der Waals surface area (Å²) in [5.74, 6) is 0.909. The van der Waals surface area contributed by atoms with Crippen molar-refractivity contribution in [2.75, 3.05) is 24.7 Å². The Bertz CT molecular complexity index is 861. The highest BCUT2D eigenvalue weighted by atomic mass is 35.5. The van der Waals surface area contributed by atoms with Gasteiger partial charge in [-0.15, -0.1) is 0 Å². The summed E-state index contributed by atoms with van der Waals surface area (Å²) in [6.45, 7) is 4.37. The summed E-state index contributed by atoms with van der Waals surface area (Å²) in [6.07, 6.45) is 1.79. The predicted molar refractivity (Wildman–Crippen MR) is 92.3 cm³/mol. The standard InChI is InChI=1S/C15H16ClN5OS/c1-9-8-22-6-5-21(9)12-7-10(11-3-4-17-20(11)2)14-13(18-12)15(16)19-23-14/h3-4,7,9H,5-6,8H2,1-2H3. The molecule has 0 N–H and O–H groups in total. The summed E-state index contributed by atoms with van der Waals surface area (Å²) < 4.78 is 12.6. The highest BCUT2D eigenvalue weighted by Gasteiger charge is 2.23. The van der Waals surface area contributed by atoms with Crippen LogP contribution in [-0.2, 0) is 11.8 Å². The second-order valence-corrected chi connectivity index (χ2v) is 6.77. The molecule has 1 atom stereocenters.